The fraction of sp³-hybridized carbons (Fsp3) is 0.176. The average molecular weight is 330 g/mol. The smallest absolute Gasteiger partial charge is 0.319 e. The van der Waals surface area contributed by atoms with Crippen LogP contribution in [-0.4, -0.2) is 22.1 Å². The molecule has 2 amide bonds. The number of benzene rings is 1. The Kier molecular flexibility index (Phi) is 4.41. The van der Waals surface area contributed by atoms with Crippen molar-refractivity contribution in [2.45, 2.75) is 6.42 Å². The van der Waals surface area contributed by atoms with Gasteiger partial charge in [0, 0.05) is 37.4 Å². The van der Waals surface area contributed by atoms with E-state index in [4.69, 9.17) is 0 Å². The minimum absolute atomic E-state index is 0.193. The molecule has 24 heavy (non-hydrogen) atoms. The van der Waals surface area contributed by atoms with Gasteiger partial charge in [-0.15, -0.1) is 0 Å². The van der Waals surface area contributed by atoms with Gasteiger partial charge < -0.3 is 15.2 Å². The third kappa shape index (κ3) is 3.34. The predicted octanol–water partition coefficient (Wildman–Crippen LogP) is 3.22. The molecule has 3 rings (SSSR count). The molecule has 0 aliphatic rings. The highest BCUT2D eigenvalue weighted by atomic mass is 19.1. The summed E-state index contributed by atoms with van der Waals surface area (Å²) in [4.78, 5) is 16.1. The molecular weight excluding hydrogens is 314 g/mol. The maximum absolute atomic E-state index is 13.5. The van der Waals surface area contributed by atoms with Crippen molar-refractivity contribution in [3.8, 4) is 0 Å². The van der Waals surface area contributed by atoms with Gasteiger partial charge in [-0.25, -0.2) is 18.6 Å². The number of pyridine rings is 1. The zero-order chi connectivity index (χ0) is 17.1. The van der Waals surface area contributed by atoms with Crippen LogP contribution in [0.25, 0.3) is 11.0 Å². The van der Waals surface area contributed by atoms with Gasteiger partial charge in [0.05, 0.1) is 5.69 Å². The van der Waals surface area contributed by atoms with E-state index in [1.807, 2.05) is 29.9 Å². The number of carbonyl (C=O) groups excluding carboxylic acids is 1. The molecule has 0 aliphatic carbocycles. The number of hydrogen-bond acceptors (Lipinski definition) is 2. The van der Waals surface area contributed by atoms with Crippen LogP contribution in [0.5, 0.6) is 0 Å². The van der Waals surface area contributed by atoms with Crippen molar-refractivity contribution in [1.29, 1.82) is 0 Å². The molecule has 0 spiro atoms. The number of anilines is 1. The lowest BCUT2D eigenvalue weighted by atomic mass is 10.1. The van der Waals surface area contributed by atoms with Gasteiger partial charge in [0.15, 0.2) is 0 Å². The van der Waals surface area contributed by atoms with Gasteiger partial charge in [-0.3, -0.25) is 0 Å². The second kappa shape index (κ2) is 6.66. The summed E-state index contributed by atoms with van der Waals surface area (Å²) < 4.78 is 28.5. The highest BCUT2D eigenvalue weighted by Gasteiger charge is 2.09. The lowest BCUT2D eigenvalue weighted by Crippen LogP contribution is -2.30. The third-order valence-electron chi connectivity index (χ3n) is 3.67. The summed E-state index contributed by atoms with van der Waals surface area (Å²) in [6.45, 7) is 0.358. The standard InChI is InChI=1S/C17H16F2N4O/c1-23-10-11(13-3-2-7-20-16(13)23)6-8-21-17(24)22-15-9-12(18)4-5-14(15)19/h2-5,7,9-10H,6,8H2,1H3,(H2,21,22,24). The number of nitrogens with zero attached hydrogens (tertiary/aromatic N) is 2. The SMILES string of the molecule is Cn1cc(CCNC(=O)Nc2cc(F)ccc2F)c2cccnc21. The average Bonchev–Trinajstić information content (AvgIpc) is 2.88. The fourth-order valence-electron chi connectivity index (χ4n) is 2.56. The number of urea groups is 1. The van der Waals surface area contributed by atoms with Crippen LogP contribution >= 0.6 is 0 Å². The van der Waals surface area contributed by atoms with Crippen LogP contribution in [0.2, 0.25) is 0 Å². The third-order valence-corrected chi connectivity index (χ3v) is 3.67. The predicted molar refractivity (Wildman–Crippen MR) is 87.8 cm³/mol. The first-order valence-corrected chi connectivity index (χ1v) is 7.43. The van der Waals surface area contributed by atoms with Crippen molar-refractivity contribution in [2.75, 3.05) is 11.9 Å². The number of amides is 2. The zero-order valence-corrected chi connectivity index (χ0v) is 13.0. The molecule has 124 valence electrons. The first-order chi connectivity index (χ1) is 11.5. The summed E-state index contributed by atoms with van der Waals surface area (Å²) >= 11 is 0. The fourth-order valence-corrected chi connectivity index (χ4v) is 2.56. The van der Waals surface area contributed by atoms with E-state index in [1.165, 1.54) is 0 Å². The van der Waals surface area contributed by atoms with Gasteiger partial charge >= 0.3 is 6.03 Å². The summed E-state index contributed by atoms with van der Waals surface area (Å²) in [6, 6.07) is 6.14. The molecule has 2 aromatic heterocycles. The monoisotopic (exact) mass is 330 g/mol. The topological polar surface area (TPSA) is 59.0 Å². The molecule has 2 heterocycles. The number of rotatable bonds is 4. The molecule has 0 radical (unpaired) electrons. The number of carbonyl (C=O) groups is 1. The van der Waals surface area contributed by atoms with Crippen LogP contribution in [0.4, 0.5) is 19.3 Å². The maximum atomic E-state index is 13.5. The molecule has 1 aromatic carbocycles. The Hall–Kier alpha value is -2.96. The Bertz CT molecular complexity index is 891. The molecule has 0 bridgehead atoms. The largest absolute Gasteiger partial charge is 0.338 e. The minimum Gasteiger partial charge on any atom is -0.338 e. The number of aromatic nitrogens is 2. The van der Waals surface area contributed by atoms with Crippen molar-refractivity contribution in [3.63, 3.8) is 0 Å². The molecule has 3 aromatic rings. The zero-order valence-electron chi connectivity index (χ0n) is 13.0. The highest BCUT2D eigenvalue weighted by Crippen LogP contribution is 2.18. The van der Waals surface area contributed by atoms with Crippen molar-refractivity contribution < 1.29 is 13.6 Å². The second-order valence-corrected chi connectivity index (χ2v) is 5.39. The van der Waals surface area contributed by atoms with Crippen molar-refractivity contribution in [1.82, 2.24) is 14.9 Å². The molecule has 2 N–H and O–H groups in total. The number of aryl methyl sites for hydroxylation is 1. The normalized spacial score (nSPS) is 10.8. The number of fused-ring (bicyclic) bond motifs is 1. The maximum Gasteiger partial charge on any atom is 0.319 e. The molecule has 0 aliphatic heterocycles. The summed E-state index contributed by atoms with van der Waals surface area (Å²) in [5.74, 6) is -1.30. The molecule has 7 heteroatoms. The van der Waals surface area contributed by atoms with Crippen molar-refractivity contribution in [2.24, 2.45) is 7.05 Å². The van der Waals surface area contributed by atoms with E-state index in [-0.39, 0.29) is 5.69 Å². The summed E-state index contributed by atoms with van der Waals surface area (Å²) in [6.07, 6.45) is 4.29. The molecule has 0 saturated heterocycles. The highest BCUT2D eigenvalue weighted by molar-refractivity contribution is 5.89. The molecule has 0 saturated carbocycles. The quantitative estimate of drug-likeness (QED) is 0.772. The van der Waals surface area contributed by atoms with Gasteiger partial charge in [-0.05, 0) is 36.2 Å². The first-order valence-electron chi connectivity index (χ1n) is 7.43. The molecule has 0 unspecified atom stereocenters. The van der Waals surface area contributed by atoms with Crippen LogP contribution in [0.1, 0.15) is 5.56 Å². The van der Waals surface area contributed by atoms with E-state index in [9.17, 15) is 13.6 Å². The molecular formula is C17H16F2N4O. The van der Waals surface area contributed by atoms with Crippen LogP contribution in [0, 0.1) is 11.6 Å². The number of hydrogen-bond donors (Lipinski definition) is 2. The Morgan fingerprint density at radius 3 is 2.96 bits per heavy atom. The van der Waals surface area contributed by atoms with Crippen LogP contribution in [0.15, 0.2) is 42.7 Å². The van der Waals surface area contributed by atoms with Crippen molar-refractivity contribution in [3.05, 3.63) is 59.9 Å². The first kappa shape index (κ1) is 15.9. The van der Waals surface area contributed by atoms with E-state index in [1.54, 1.807) is 6.20 Å². The van der Waals surface area contributed by atoms with E-state index < -0.39 is 17.7 Å². The van der Waals surface area contributed by atoms with Gasteiger partial charge in [0.1, 0.15) is 17.3 Å². The summed E-state index contributed by atoms with van der Waals surface area (Å²) in [7, 11) is 1.91. The Morgan fingerprint density at radius 1 is 1.29 bits per heavy atom. The lowest BCUT2D eigenvalue weighted by molar-refractivity contribution is 0.252. The Balaban J connectivity index is 1.59. The van der Waals surface area contributed by atoms with E-state index in [0.717, 1.165) is 34.8 Å². The molecule has 0 atom stereocenters. The van der Waals surface area contributed by atoms with Crippen LogP contribution in [-0.2, 0) is 13.5 Å². The van der Waals surface area contributed by atoms with Gasteiger partial charge in [0.25, 0.3) is 0 Å². The second-order valence-electron chi connectivity index (χ2n) is 5.39. The minimum atomic E-state index is -0.688. The summed E-state index contributed by atoms with van der Waals surface area (Å²) in [5, 5.41) is 5.95. The number of halogens is 2. The van der Waals surface area contributed by atoms with Gasteiger partial charge in [-0.2, -0.15) is 0 Å². The lowest BCUT2D eigenvalue weighted by Gasteiger charge is -2.08. The number of nitrogens with one attached hydrogen (secondary N) is 2. The Morgan fingerprint density at radius 2 is 2.12 bits per heavy atom. The van der Waals surface area contributed by atoms with E-state index in [2.05, 4.69) is 15.6 Å². The van der Waals surface area contributed by atoms with E-state index >= 15 is 0 Å². The van der Waals surface area contributed by atoms with Gasteiger partial charge in [-0.1, -0.05) is 0 Å². The Labute approximate surface area is 137 Å². The van der Waals surface area contributed by atoms with Crippen LogP contribution < -0.4 is 10.6 Å². The molecule has 5 nitrogen and oxygen atoms in total. The van der Waals surface area contributed by atoms with Crippen LogP contribution in [0.3, 0.4) is 0 Å². The molecule has 0 fully saturated rings. The summed E-state index contributed by atoms with van der Waals surface area (Å²) in [5.41, 5.74) is 1.73. The van der Waals surface area contributed by atoms with Crippen molar-refractivity contribution >= 4 is 22.8 Å². The van der Waals surface area contributed by atoms with Gasteiger partial charge in [0.2, 0.25) is 0 Å². The van der Waals surface area contributed by atoms with E-state index in [0.29, 0.717) is 13.0 Å².